The number of halogens is 1. The second-order valence-electron chi connectivity index (χ2n) is 3.46. The van der Waals surface area contributed by atoms with Gasteiger partial charge < -0.3 is 5.32 Å². The predicted molar refractivity (Wildman–Crippen MR) is 70.5 cm³/mol. The lowest BCUT2D eigenvalue weighted by Gasteiger charge is -2.07. The van der Waals surface area contributed by atoms with Crippen molar-refractivity contribution in [3.63, 3.8) is 0 Å². The lowest BCUT2D eigenvalue weighted by atomic mass is 10.2. The van der Waals surface area contributed by atoms with Gasteiger partial charge in [-0.05, 0) is 35.8 Å². The van der Waals surface area contributed by atoms with Crippen LogP contribution < -0.4 is 5.32 Å². The van der Waals surface area contributed by atoms with E-state index in [-0.39, 0.29) is 0 Å². The summed E-state index contributed by atoms with van der Waals surface area (Å²) >= 11 is 7.55. The van der Waals surface area contributed by atoms with Gasteiger partial charge in [0.1, 0.15) is 0 Å². The molecule has 0 aliphatic heterocycles. The van der Waals surface area contributed by atoms with Crippen LogP contribution in [0.15, 0.2) is 30.5 Å². The molecule has 0 spiro atoms. The Hall–Kier alpha value is -1.57. The van der Waals surface area contributed by atoms with Gasteiger partial charge in [-0.25, -0.2) is 4.37 Å². The third-order valence-electron chi connectivity index (χ3n) is 2.28. The van der Waals surface area contributed by atoms with Crippen molar-refractivity contribution in [2.45, 2.75) is 6.42 Å². The molecule has 0 aliphatic carbocycles. The molecule has 0 atom stereocenters. The third kappa shape index (κ3) is 3.19. The summed E-state index contributed by atoms with van der Waals surface area (Å²) in [4.78, 5) is 1.24. The van der Waals surface area contributed by atoms with Gasteiger partial charge in [0.25, 0.3) is 0 Å². The van der Waals surface area contributed by atoms with Crippen LogP contribution in [0.3, 0.4) is 0 Å². The fourth-order valence-corrected chi connectivity index (χ4v) is 2.24. The molecule has 1 aromatic heterocycles. The molecule has 17 heavy (non-hydrogen) atoms. The summed E-state index contributed by atoms with van der Waals surface area (Å²) in [5.41, 5.74) is 1.43. The van der Waals surface area contributed by atoms with E-state index in [4.69, 9.17) is 16.9 Å². The fourth-order valence-electron chi connectivity index (χ4n) is 1.42. The summed E-state index contributed by atoms with van der Waals surface area (Å²) in [5.74, 6) is 0. The van der Waals surface area contributed by atoms with Crippen LogP contribution in [0, 0.1) is 11.3 Å². The van der Waals surface area contributed by atoms with Gasteiger partial charge in [0.2, 0.25) is 0 Å². The van der Waals surface area contributed by atoms with Gasteiger partial charge in [0.15, 0.2) is 0 Å². The molecule has 1 heterocycles. The number of rotatable bonds is 4. The Labute approximate surface area is 109 Å². The number of hydrogen-bond donors (Lipinski definition) is 1. The van der Waals surface area contributed by atoms with Crippen LogP contribution in [0.2, 0.25) is 5.02 Å². The van der Waals surface area contributed by atoms with Crippen LogP contribution in [-0.2, 0) is 6.42 Å². The van der Waals surface area contributed by atoms with Crippen molar-refractivity contribution in [3.05, 3.63) is 45.9 Å². The molecular weight excluding hydrogens is 254 g/mol. The van der Waals surface area contributed by atoms with E-state index in [2.05, 4.69) is 15.8 Å². The number of aromatic nitrogens is 1. The third-order valence-corrected chi connectivity index (χ3v) is 3.39. The number of nitrogens with one attached hydrogen (secondary N) is 1. The lowest BCUT2D eigenvalue weighted by Crippen LogP contribution is -2.04. The first-order valence-corrected chi connectivity index (χ1v) is 6.28. The molecule has 0 bridgehead atoms. The predicted octanol–water partition coefficient (Wildman–Crippen LogP) is 3.32. The van der Waals surface area contributed by atoms with Crippen molar-refractivity contribution >= 4 is 28.8 Å². The van der Waals surface area contributed by atoms with Crippen molar-refractivity contribution in [1.29, 1.82) is 5.26 Å². The number of benzene rings is 1. The molecule has 5 heteroatoms. The first-order chi connectivity index (χ1) is 8.29. The molecule has 3 nitrogen and oxygen atoms in total. The van der Waals surface area contributed by atoms with E-state index in [9.17, 15) is 0 Å². The highest BCUT2D eigenvalue weighted by atomic mass is 35.5. The van der Waals surface area contributed by atoms with Crippen molar-refractivity contribution in [2.24, 2.45) is 0 Å². The van der Waals surface area contributed by atoms with Crippen LogP contribution in [0.4, 0.5) is 5.69 Å². The molecular formula is C12H10ClN3S. The van der Waals surface area contributed by atoms with E-state index in [1.165, 1.54) is 16.4 Å². The molecule has 2 aromatic rings. The Morgan fingerprint density at radius 1 is 1.41 bits per heavy atom. The topological polar surface area (TPSA) is 48.7 Å². The zero-order valence-electron chi connectivity index (χ0n) is 8.98. The van der Waals surface area contributed by atoms with E-state index in [1.54, 1.807) is 18.3 Å². The number of hydrogen-bond acceptors (Lipinski definition) is 4. The highest BCUT2D eigenvalue weighted by Crippen LogP contribution is 2.22. The largest absolute Gasteiger partial charge is 0.383 e. The normalized spacial score (nSPS) is 9.88. The minimum atomic E-state index is 0.572. The summed E-state index contributed by atoms with van der Waals surface area (Å²) in [5, 5.41) is 12.5. The van der Waals surface area contributed by atoms with E-state index in [1.807, 2.05) is 12.1 Å². The zero-order valence-corrected chi connectivity index (χ0v) is 10.6. The second-order valence-corrected chi connectivity index (χ2v) is 4.79. The maximum Gasteiger partial charge on any atom is 0.0992 e. The smallest absolute Gasteiger partial charge is 0.0992 e. The van der Waals surface area contributed by atoms with Crippen molar-refractivity contribution in [2.75, 3.05) is 11.9 Å². The van der Waals surface area contributed by atoms with Crippen LogP contribution >= 0.6 is 23.1 Å². The van der Waals surface area contributed by atoms with Crippen molar-refractivity contribution in [1.82, 2.24) is 4.37 Å². The molecule has 0 unspecified atom stereocenters. The molecule has 1 N–H and O–H groups in total. The standard InChI is InChI=1S/C12H10ClN3S/c13-11-7-9(8-14)1-2-12(11)15-5-3-10-4-6-16-17-10/h1-2,4,6-7,15H,3,5H2. The lowest BCUT2D eigenvalue weighted by molar-refractivity contribution is 1.04. The van der Waals surface area contributed by atoms with E-state index < -0.39 is 0 Å². The highest BCUT2D eigenvalue weighted by molar-refractivity contribution is 7.05. The number of anilines is 1. The van der Waals surface area contributed by atoms with Gasteiger partial charge in [0, 0.05) is 24.0 Å². The summed E-state index contributed by atoms with van der Waals surface area (Å²) in [6.45, 7) is 0.799. The van der Waals surface area contributed by atoms with E-state index in [0.29, 0.717) is 10.6 Å². The molecule has 0 fully saturated rings. The maximum atomic E-state index is 8.72. The van der Waals surface area contributed by atoms with Gasteiger partial charge in [-0.3, -0.25) is 0 Å². The number of nitrogens with zero attached hydrogens (tertiary/aromatic N) is 2. The zero-order chi connectivity index (χ0) is 12.1. The SMILES string of the molecule is N#Cc1ccc(NCCc2ccns2)c(Cl)c1. The van der Waals surface area contributed by atoms with Gasteiger partial charge in [-0.1, -0.05) is 11.6 Å². The van der Waals surface area contributed by atoms with Crippen LogP contribution in [-0.4, -0.2) is 10.9 Å². The maximum absolute atomic E-state index is 8.72. The van der Waals surface area contributed by atoms with Gasteiger partial charge in [-0.15, -0.1) is 0 Å². The second kappa shape index (κ2) is 5.67. The Balaban J connectivity index is 1.93. The average molecular weight is 264 g/mol. The summed E-state index contributed by atoms with van der Waals surface area (Å²) < 4.78 is 4.04. The van der Waals surface area contributed by atoms with Crippen molar-refractivity contribution in [3.8, 4) is 6.07 Å². The Morgan fingerprint density at radius 3 is 2.94 bits per heavy atom. The molecule has 0 saturated heterocycles. The quantitative estimate of drug-likeness (QED) is 0.921. The summed E-state index contributed by atoms with van der Waals surface area (Å²) in [6.07, 6.45) is 2.72. The van der Waals surface area contributed by atoms with Crippen LogP contribution in [0.25, 0.3) is 0 Å². The van der Waals surface area contributed by atoms with Crippen LogP contribution in [0.1, 0.15) is 10.4 Å². The van der Waals surface area contributed by atoms with Gasteiger partial charge in [-0.2, -0.15) is 5.26 Å². The minimum Gasteiger partial charge on any atom is -0.383 e. The molecule has 1 aromatic carbocycles. The average Bonchev–Trinajstić information content (AvgIpc) is 2.84. The highest BCUT2D eigenvalue weighted by Gasteiger charge is 2.01. The monoisotopic (exact) mass is 263 g/mol. The molecule has 2 rings (SSSR count). The molecule has 0 amide bonds. The fraction of sp³-hybridized carbons (Fsp3) is 0.167. The summed E-state index contributed by atoms with van der Waals surface area (Å²) in [7, 11) is 0. The van der Waals surface area contributed by atoms with Crippen LogP contribution in [0.5, 0.6) is 0 Å². The molecule has 0 aliphatic rings. The molecule has 0 saturated carbocycles. The van der Waals surface area contributed by atoms with E-state index in [0.717, 1.165) is 18.7 Å². The molecule has 86 valence electrons. The Bertz CT molecular complexity index is 531. The first-order valence-electron chi connectivity index (χ1n) is 5.12. The van der Waals surface area contributed by atoms with E-state index >= 15 is 0 Å². The Morgan fingerprint density at radius 2 is 2.29 bits per heavy atom. The summed E-state index contributed by atoms with van der Waals surface area (Å²) in [6, 6.07) is 9.30. The first kappa shape index (κ1) is 11.9. The van der Waals surface area contributed by atoms with Crippen molar-refractivity contribution < 1.29 is 0 Å². The van der Waals surface area contributed by atoms with Gasteiger partial charge >= 0.3 is 0 Å². The Kier molecular flexibility index (Phi) is 3.97. The molecule has 0 radical (unpaired) electrons. The number of nitriles is 1. The van der Waals surface area contributed by atoms with Gasteiger partial charge in [0.05, 0.1) is 22.3 Å². The minimum absolute atomic E-state index is 0.572.